The fourth-order valence-corrected chi connectivity index (χ4v) is 2.47. The quantitative estimate of drug-likeness (QED) is 0.484. The van der Waals surface area contributed by atoms with Crippen molar-refractivity contribution in [2.75, 3.05) is 0 Å². The van der Waals surface area contributed by atoms with Crippen LogP contribution in [0.5, 0.6) is 0 Å². The molecule has 0 N–H and O–H groups in total. The number of carbonyl (C=O) groups is 2. The van der Waals surface area contributed by atoms with Crippen molar-refractivity contribution in [3.05, 3.63) is 63.9 Å². The van der Waals surface area contributed by atoms with Crippen molar-refractivity contribution in [3.8, 4) is 0 Å². The van der Waals surface area contributed by atoms with Crippen molar-refractivity contribution >= 4 is 29.4 Å². The van der Waals surface area contributed by atoms with Gasteiger partial charge in [0.2, 0.25) is 0 Å². The summed E-state index contributed by atoms with van der Waals surface area (Å²) in [5, 5.41) is 1.86. The number of hydrogen-bond donors (Lipinski definition) is 0. The first-order valence-electron chi connectivity index (χ1n) is 5.96. The van der Waals surface area contributed by atoms with Gasteiger partial charge in [0.25, 0.3) is 6.29 Å². The lowest BCUT2D eigenvalue weighted by Crippen LogP contribution is -2.29. The summed E-state index contributed by atoms with van der Waals surface area (Å²) >= 11 is 1.43. The maximum absolute atomic E-state index is 11.9. The van der Waals surface area contributed by atoms with E-state index >= 15 is 0 Å². The fraction of sp³-hybridized carbons (Fsp3) is 0.0667. The maximum Gasteiger partial charge on any atom is 0.348 e. The van der Waals surface area contributed by atoms with Gasteiger partial charge in [-0.15, -0.1) is 11.3 Å². The number of carbonyl (C=O) groups excluding carboxylic acids is 2. The molecule has 0 spiro atoms. The lowest BCUT2D eigenvalue weighted by molar-refractivity contribution is -0.195. The van der Waals surface area contributed by atoms with Crippen molar-refractivity contribution in [2.45, 2.75) is 6.29 Å². The first kappa shape index (κ1) is 12.6. The predicted molar refractivity (Wildman–Crippen MR) is 73.7 cm³/mol. The minimum absolute atomic E-state index is 0.0837. The molecule has 20 heavy (non-hydrogen) atoms. The van der Waals surface area contributed by atoms with Crippen LogP contribution in [0.3, 0.4) is 0 Å². The third-order valence-corrected chi connectivity index (χ3v) is 3.59. The second kappa shape index (κ2) is 5.30. The van der Waals surface area contributed by atoms with Crippen molar-refractivity contribution < 1.29 is 19.1 Å². The van der Waals surface area contributed by atoms with Crippen LogP contribution in [0.4, 0.5) is 0 Å². The van der Waals surface area contributed by atoms with Crippen LogP contribution in [0.15, 0.2) is 53.4 Å². The molecule has 2 heterocycles. The van der Waals surface area contributed by atoms with Crippen molar-refractivity contribution in [3.63, 3.8) is 0 Å². The SMILES string of the molecule is O=C1OC(c2ccccc2)OC(=O)C1=Cc1cccs1. The highest BCUT2D eigenvalue weighted by Crippen LogP contribution is 2.27. The van der Waals surface area contributed by atoms with E-state index < -0.39 is 18.2 Å². The molecule has 4 nitrogen and oxygen atoms in total. The van der Waals surface area contributed by atoms with Crippen molar-refractivity contribution in [1.82, 2.24) is 0 Å². The number of esters is 2. The van der Waals surface area contributed by atoms with Gasteiger partial charge >= 0.3 is 11.9 Å². The van der Waals surface area contributed by atoms with Gasteiger partial charge in [0, 0.05) is 10.4 Å². The highest BCUT2D eigenvalue weighted by atomic mass is 32.1. The molecular formula is C15H10O4S. The number of cyclic esters (lactones) is 2. The molecule has 0 radical (unpaired) electrons. The smallest absolute Gasteiger partial charge is 0.348 e. The van der Waals surface area contributed by atoms with E-state index in [1.54, 1.807) is 24.3 Å². The van der Waals surface area contributed by atoms with Gasteiger partial charge in [0.1, 0.15) is 5.57 Å². The van der Waals surface area contributed by atoms with E-state index in [1.165, 1.54) is 17.4 Å². The van der Waals surface area contributed by atoms with Crippen molar-refractivity contribution in [2.24, 2.45) is 0 Å². The molecule has 0 aliphatic carbocycles. The molecule has 2 aromatic rings. The van der Waals surface area contributed by atoms with Crippen LogP contribution in [0.2, 0.25) is 0 Å². The molecule has 100 valence electrons. The van der Waals surface area contributed by atoms with Gasteiger partial charge in [-0.3, -0.25) is 0 Å². The molecule has 0 atom stereocenters. The minimum Gasteiger partial charge on any atom is -0.417 e. The highest BCUT2D eigenvalue weighted by Gasteiger charge is 2.34. The molecule has 1 aliphatic rings. The number of benzene rings is 1. The average molecular weight is 286 g/mol. The van der Waals surface area contributed by atoms with Crippen LogP contribution in [-0.4, -0.2) is 11.9 Å². The predicted octanol–water partition coefficient (Wildman–Crippen LogP) is 2.93. The summed E-state index contributed by atoms with van der Waals surface area (Å²) in [5.74, 6) is -1.33. The maximum atomic E-state index is 11.9. The van der Waals surface area contributed by atoms with E-state index in [1.807, 2.05) is 23.6 Å². The van der Waals surface area contributed by atoms with E-state index in [-0.39, 0.29) is 5.57 Å². The van der Waals surface area contributed by atoms with Gasteiger partial charge in [0.05, 0.1) is 0 Å². The minimum atomic E-state index is -0.975. The molecule has 1 aromatic heterocycles. The summed E-state index contributed by atoms with van der Waals surface area (Å²) in [6.07, 6.45) is 0.507. The Bertz CT molecular complexity index is 638. The standard InChI is InChI=1S/C15H10O4S/c16-13-12(9-11-7-4-8-20-11)14(17)19-15(18-13)10-5-2-1-3-6-10/h1-9,15H. The zero-order chi connectivity index (χ0) is 13.9. The monoisotopic (exact) mass is 286 g/mol. The van der Waals surface area contributed by atoms with Gasteiger partial charge in [-0.25, -0.2) is 9.59 Å². The fourth-order valence-electron chi connectivity index (χ4n) is 1.81. The zero-order valence-corrected chi connectivity index (χ0v) is 11.1. The van der Waals surface area contributed by atoms with E-state index in [4.69, 9.17) is 9.47 Å². The van der Waals surface area contributed by atoms with Crippen LogP contribution in [-0.2, 0) is 19.1 Å². The van der Waals surface area contributed by atoms with Gasteiger partial charge in [0.15, 0.2) is 0 Å². The molecular weight excluding hydrogens is 276 g/mol. The van der Waals surface area contributed by atoms with Crippen LogP contribution in [0, 0.1) is 0 Å². The Morgan fingerprint density at radius 2 is 1.65 bits per heavy atom. The molecule has 1 aromatic carbocycles. The lowest BCUT2D eigenvalue weighted by Gasteiger charge is -2.23. The Balaban J connectivity index is 1.84. The van der Waals surface area contributed by atoms with Gasteiger partial charge in [-0.1, -0.05) is 36.4 Å². The molecule has 5 heteroatoms. The second-order valence-corrected chi connectivity index (χ2v) is 5.11. The molecule has 0 unspecified atom stereocenters. The van der Waals surface area contributed by atoms with Crippen LogP contribution in [0.1, 0.15) is 16.7 Å². The highest BCUT2D eigenvalue weighted by molar-refractivity contribution is 7.10. The van der Waals surface area contributed by atoms with Gasteiger partial charge in [-0.2, -0.15) is 0 Å². The Morgan fingerprint density at radius 3 is 2.25 bits per heavy atom. The number of ether oxygens (including phenoxy) is 2. The number of hydrogen-bond acceptors (Lipinski definition) is 5. The first-order chi connectivity index (χ1) is 9.74. The van der Waals surface area contributed by atoms with Crippen LogP contribution in [0.25, 0.3) is 6.08 Å². The summed E-state index contributed by atoms with van der Waals surface area (Å²) in [5.41, 5.74) is 0.545. The normalized spacial score (nSPS) is 18.4. The lowest BCUT2D eigenvalue weighted by atomic mass is 10.2. The largest absolute Gasteiger partial charge is 0.417 e. The third kappa shape index (κ3) is 2.48. The summed E-state index contributed by atoms with van der Waals surface area (Å²) < 4.78 is 10.3. The molecule has 0 amide bonds. The summed E-state index contributed by atoms with van der Waals surface area (Å²) in [6.45, 7) is 0. The Labute approximate surface area is 119 Å². The zero-order valence-electron chi connectivity index (χ0n) is 10.3. The van der Waals surface area contributed by atoms with E-state index in [9.17, 15) is 9.59 Å². The van der Waals surface area contributed by atoms with Crippen LogP contribution >= 0.6 is 11.3 Å². The molecule has 1 fully saturated rings. The van der Waals surface area contributed by atoms with Crippen molar-refractivity contribution in [1.29, 1.82) is 0 Å². The van der Waals surface area contributed by atoms with Gasteiger partial charge < -0.3 is 9.47 Å². The second-order valence-electron chi connectivity index (χ2n) is 4.13. The first-order valence-corrected chi connectivity index (χ1v) is 6.84. The molecule has 1 aliphatic heterocycles. The molecule has 0 bridgehead atoms. The summed E-state index contributed by atoms with van der Waals surface area (Å²) in [6, 6.07) is 12.5. The molecule has 1 saturated heterocycles. The van der Waals surface area contributed by atoms with E-state index in [0.29, 0.717) is 5.56 Å². The molecule has 0 saturated carbocycles. The van der Waals surface area contributed by atoms with Crippen LogP contribution < -0.4 is 0 Å². The summed E-state index contributed by atoms with van der Waals surface area (Å²) in [7, 11) is 0. The molecule has 3 rings (SSSR count). The van der Waals surface area contributed by atoms with E-state index in [0.717, 1.165) is 4.88 Å². The van der Waals surface area contributed by atoms with Gasteiger partial charge in [-0.05, 0) is 17.5 Å². The number of thiophene rings is 1. The average Bonchev–Trinajstić information content (AvgIpc) is 2.97. The third-order valence-electron chi connectivity index (χ3n) is 2.77. The summed E-state index contributed by atoms with van der Waals surface area (Å²) in [4.78, 5) is 24.7. The Kier molecular flexibility index (Phi) is 3.35. The Morgan fingerprint density at radius 1 is 0.950 bits per heavy atom. The Hall–Kier alpha value is -2.40. The topological polar surface area (TPSA) is 52.6 Å². The number of rotatable bonds is 2. The van der Waals surface area contributed by atoms with E-state index in [2.05, 4.69) is 0 Å².